The van der Waals surface area contributed by atoms with Crippen LogP contribution in [-0.2, 0) is 4.79 Å². The van der Waals surface area contributed by atoms with E-state index in [1.807, 2.05) is 49.3 Å². The predicted molar refractivity (Wildman–Crippen MR) is 76.4 cm³/mol. The maximum Gasteiger partial charge on any atom is 0.308 e. The average Bonchev–Trinajstić information content (AvgIpc) is 2.38. The van der Waals surface area contributed by atoms with Gasteiger partial charge in [-0.05, 0) is 41.5 Å². The SMILES string of the molecule is CC(=O)Oc1cc[c]c(-c2ccc(N(C)C)cc2)c1. The minimum Gasteiger partial charge on any atom is -0.427 e. The first-order valence-electron chi connectivity index (χ1n) is 6.04. The molecule has 0 spiro atoms. The Hall–Kier alpha value is -2.29. The summed E-state index contributed by atoms with van der Waals surface area (Å²) in [5, 5.41) is 0. The van der Waals surface area contributed by atoms with Gasteiger partial charge < -0.3 is 9.64 Å². The van der Waals surface area contributed by atoms with E-state index in [1.165, 1.54) is 6.92 Å². The van der Waals surface area contributed by atoms with Gasteiger partial charge in [-0.3, -0.25) is 4.79 Å². The van der Waals surface area contributed by atoms with Crippen molar-refractivity contribution < 1.29 is 9.53 Å². The Bertz CT molecular complexity index is 574. The van der Waals surface area contributed by atoms with E-state index in [0.717, 1.165) is 16.8 Å². The van der Waals surface area contributed by atoms with Crippen LogP contribution in [0.1, 0.15) is 6.92 Å². The van der Waals surface area contributed by atoms with Gasteiger partial charge in [-0.25, -0.2) is 0 Å². The molecule has 0 unspecified atom stereocenters. The summed E-state index contributed by atoms with van der Waals surface area (Å²) in [6.07, 6.45) is 0. The Kier molecular flexibility index (Phi) is 3.85. The van der Waals surface area contributed by atoms with E-state index < -0.39 is 0 Å². The van der Waals surface area contributed by atoms with Crippen LogP contribution in [0.3, 0.4) is 0 Å². The second-order valence-corrected chi connectivity index (χ2v) is 4.47. The number of benzene rings is 2. The van der Waals surface area contributed by atoms with Crippen molar-refractivity contribution >= 4 is 11.7 Å². The highest BCUT2D eigenvalue weighted by Crippen LogP contribution is 2.25. The molecule has 2 rings (SSSR count). The summed E-state index contributed by atoms with van der Waals surface area (Å²) in [6, 6.07) is 16.6. The fraction of sp³-hybridized carbons (Fsp3) is 0.188. The number of carbonyl (C=O) groups excluding carboxylic acids is 1. The number of carbonyl (C=O) groups is 1. The summed E-state index contributed by atoms with van der Waals surface area (Å²) in [5.74, 6) is 0.220. The van der Waals surface area contributed by atoms with Crippen LogP contribution >= 0.6 is 0 Å². The summed E-state index contributed by atoms with van der Waals surface area (Å²) in [5.41, 5.74) is 3.09. The molecular weight excluding hydrogens is 238 g/mol. The Morgan fingerprint density at radius 2 is 1.84 bits per heavy atom. The van der Waals surface area contributed by atoms with E-state index in [1.54, 1.807) is 12.1 Å². The number of ether oxygens (including phenoxy) is 1. The van der Waals surface area contributed by atoms with Crippen molar-refractivity contribution in [2.45, 2.75) is 6.92 Å². The zero-order chi connectivity index (χ0) is 13.8. The fourth-order valence-corrected chi connectivity index (χ4v) is 1.78. The molecule has 0 saturated heterocycles. The quantitative estimate of drug-likeness (QED) is 0.622. The van der Waals surface area contributed by atoms with Gasteiger partial charge in [-0.2, -0.15) is 0 Å². The number of hydrogen-bond acceptors (Lipinski definition) is 3. The van der Waals surface area contributed by atoms with E-state index in [9.17, 15) is 4.79 Å². The highest BCUT2D eigenvalue weighted by atomic mass is 16.5. The molecule has 97 valence electrons. The molecule has 0 amide bonds. The lowest BCUT2D eigenvalue weighted by molar-refractivity contribution is -0.131. The third kappa shape index (κ3) is 3.35. The molecule has 2 aromatic carbocycles. The summed E-state index contributed by atoms with van der Waals surface area (Å²) >= 11 is 0. The van der Waals surface area contributed by atoms with Crippen molar-refractivity contribution in [1.82, 2.24) is 0 Å². The molecule has 0 heterocycles. The molecule has 0 fully saturated rings. The topological polar surface area (TPSA) is 29.5 Å². The van der Waals surface area contributed by atoms with Gasteiger partial charge >= 0.3 is 5.97 Å². The van der Waals surface area contributed by atoms with Crippen LogP contribution in [0.25, 0.3) is 11.1 Å². The van der Waals surface area contributed by atoms with Gasteiger partial charge in [0.05, 0.1) is 0 Å². The highest BCUT2D eigenvalue weighted by Gasteiger charge is 2.03. The van der Waals surface area contributed by atoms with Crippen molar-refractivity contribution in [3.8, 4) is 16.9 Å². The van der Waals surface area contributed by atoms with Crippen molar-refractivity contribution in [2.75, 3.05) is 19.0 Å². The number of anilines is 1. The van der Waals surface area contributed by atoms with E-state index >= 15 is 0 Å². The summed E-state index contributed by atoms with van der Waals surface area (Å²) in [7, 11) is 4.00. The number of hydrogen-bond donors (Lipinski definition) is 0. The molecule has 0 aliphatic carbocycles. The molecule has 0 aliphatic rings. The van der Waals surface area contributed by atoms with Gasteiger partial charge in [0, 0.05) is 26.7 Å². The van der Waals surface area contributed by atoms with Crippen LogP contribution in [0.2, 0.25) is 0 Å². The van der Waals surface area contributed by atoms with Crippen molar-refractivity contribution in [3.05, 3.63) is 48.5 Å². The normalized spacial score (nSPS) is 10.1. The molecule has 0 bridgehead atoms. The molecule has 0 saturated carbocycles. The first kappa shape index (κ1) is 13.1. The zero-order valence-corrected chi connectivity index (χ0v) is 11.3. The molecule has 3 heteroatoms. The van der Waals surface area contributed by atoms with E-state index in [2.05, 4.69) is 6.07 Å². The van der Waals surface area contributed by atoms with Gasteiger partial charge in [-0.15, -0.1) is 0 Å². The Labute approximate surface area is 113 Å². The molecule has 0 N–H and O–H groups in total. The van der Waals surface area contributed by atoms with Gasteiger partial charge in [0.1, 0.15) is 5.75 Å². The van der Waals surface area contributed by atoms with Crippen LogP contribution in [0.15, 0.2) is 42.5 Å². The average molecular weight is 254 g/mol. The third-order valence-electron chi connectivity index (χ3n) is 2.73. The molecule has 0 aliphatic heterocycles. The maximum absolute atomic E-state index is 10.9. The summed E-state index contributed by atoms with van der Waals surface area (Å²) in [4.78, 5) is 13.0. The molecule has 2 aromatic rings. The summed E-state index contributed by atoms with van der Waals surface area (Å²) in [6.45, 7) is 1.39. The van der Waals surface area contributed by atoms with Crippen molar-refractivity contribution in [1.29, 1.82) is 0 Å². The number of nitrogens with zero attached hydrogens (tertiary/aromatic N) is 1. The zero-order valence-electron chi connectivity index (χ0n) is 11.3. The van der Waals surface area contributed by atoms with Crippen molar-refractivity contribution in [3.63, 3.8) is 0 Å². The minimum atomic E-state index is -0.319. The molecule has 3 nitrogen and oxygen atoms in total. The fourth-order valence-electron chi connectivity index (χ4n) is 1.78. The van der Waals surface area contributed by atoms with Crippen LogP contribution in [-0.4, -0.2) is 20.1 Å². The lowest BCUT2D eigenvalue weighted by Gasteiger charge is -2.12. The second kappa shape index (κ2) is 5.57. The standard InChI is InChI=1S/C16H16NO2/c1-12(18)19-16-6-4-5-14(11-16)13-7-9-15(10-8-13)17(2)3/h4,6-11H,1-3H3. The lowest BCUT2D eigenvalue weighted by atomic mass is 10.1. The van der Waals surface area contributed by atoms with Crippen LogP contribution < -0.4 is 9.64 Å². The molecule has 0 aromatic heterocycles. The van der Waals surface area contributed by atoms with E-state index in [-0.39, 0.29) is 5.97 Å². The lowest BCUT2D eigenvalue weighted by Crippen LogP contribution is -2.07. The molecular formula is C16H16NO2. The second-order valence-electron chi connectivity index (χ2n) is 4.47. The first-order valence-corrected chi connectivity index (χ1v) is 6.04. The van der Waals surface area contributed by atoms with E-state index in [0.29, 0.717) is 5.75 Å². The third-order valence-corrected chi connectivity index (χ3v) is 2.73. The van der Waals surface area contributed by atoms with Gasteiger partial charge in [0.15, 0.2) is 0 Å². The maximum atomic E-state index is 10.9. The minimum absolute atomic E-state index is 0.319. The van der Waals surface area contributed by atoms with E-state index in [4.69, 9.17) is 4.74 Å². The van der Waals surface area contributed by atoms with Crippen LogP contribution in [0, 0.1) is 6.07 Å². The molecule has 19 heavy (non-hydrogen) atoms. The smallest absolute Gasteiger partial charge is 0.308 e. The molecule has 1 radical (unpaired) electrons. The van der Waals surface area contributed by atoms with Crippen molar-refractivity contribution in [2.24, 2.45) is 0 Å². The summed E-state index contributed by atoms with van der Waals surface area (Å²) < 4.78 is 5.07. The Morgan fingerprint density at radius 1 is 1.16 bits per heavy atom. The van der Waals surface area contributed by atoms with Gasteiger partial charge in [-0.1, -0.05) is 18.2 Å². The Morgan fingerprint density at radius 3 is 2.42 bits per heavy atom. The first-order chi connectivity index (χ1) is 9.06. The molecule has 0 atom stereocenters. The number of rotatable bonds is 3. The van der Waals surface area contributed by atoms with Crippen LogP contribution in [0.4, 0.5) is 5.69 Å². The van der Waals surface area contributed by atoms with Crippen LogP contribution in [0.5, 0.6) is 5.75 Å². The largest absolute Gasteiger partial charge is 0.427 e. The number of esters is 1. The van der Waals surface area contributed by atoms with Gasteiger partial charge in [0.2, 0.25) is 0 Å². The highest BCUT2D eigenvalue weighted by molar-refractivity contribution is 5.71. The predicted octanol–water partition coefficient (Wildman–Crippen LogP) is 3.15. The monoisotopic (exact) mass is 254 g/mol. The van der Waals surface area contributed by atoms with Gasteiger partial charge in [0.25, 0.3) is 0 Å². The Balaban J connectivity index is 2.28.